The lowest BCUT2D eigenvalue weighted by molar-refractivity contribution is 0.0829. The molecule has 0 radical (unpaired) electrons. The molecule has 0 saturated carbocycles. The Labute approximate surface area is 181 Å². The van der Waals surface area contributed by atoms with Crippen LogP contribution in [0.25, 0.3) is 0 Å². The van der Waals surface area contributed by atoms with Crippen LogP contribution in [0.4, 0.5) is 17.1 Å². The van der Waals surface area contributed by atoms with Gasteiger partial charge in [0.1, 0.15) is 16.3 Å². The lowest BCUT2D eigenvalue weighted by Gasteiger charge is -2.13. The number of aromatic hydroxyl groups is 1. The normalized spacial score (nSPS) is 10.2. The molecule has 0 unspecified atom stereocenters. The molecule has 0 atom stereocenters. The standard InChI is InChI=1S/C17H19N5O4S2.C2H6/c1-21(2)17(26)14-13(23)10(8-28-14)19-11-12(16(25)22(3)20-15(11)24)18-7-9-5-4-6-27-9;1-2/h4-6,8,18-19,23H,7H2,1-3H3,(H,20,24);1-2H3. The molecule has 30 heavy (non-hydrogen) atoms. The number of aryl methyl sites for hydroxylation is 1. The third kappa shape index (κ3) is 4.92. The number of amides is 1. The van der Waals surface area contributed by atoms with Gasteiger partial charge in [-0.15, -0.1) is 22.7 Å². The van der Waals surface area contributed by atoms with Gasteiger partial charge in [-0.25, -0.2) is 0 Å². The number of thiophene rings is 2. The topological polar surface area (TPSA) is 119 Å². The number of nitrogens with one attached hydrogen (secondary N) is 3. The average Bonchev–Trinajstić information content (AvgIpc) is 3.37. The molecular weight excluding hydrogens is 426 g/mol. The van der Waals surface area contributed by atoms with Gasteiger partial charge in [0.15, 0.2) is 5.75 Å². The Balaban J connectivity index is 0.00000155. The van der Waals surface area contributed by atoms with Gasteiger partial charge in [-0.2, -0.15) is 0 Å². The second kappa shape index (κ2) is 10.1. The molecule has 0 aromatic carbocycles. The fraction of sp³-hybridized carbons (Fsp3) is 0.316. The molecule has 0 spiro atoms. The number of aromatic amines is 1. The Morgan fingerprint density at radius 3 is 2.53 bits per heavy atom. The highest BCUT2D eigenvalue weighted by atomic mass is 32.1. The van der Waals surface area contributed by atoms with Gasteiger partial charge in [0.05, 0.1) is 5.69 Å². The van der Waals surface area contributed by atoms with E-state index in [1.54, 1.807) is 14.1 Å². The Morgan fingerprint density at radius 1 is 1.23 bits per heavy atom. The highest BCUT2D eigenvalue weighted by Crippen LogP contribution is 2.36. The number of hydrogen-bond donors (Lipinski definition) is 4. The van der Waals surface area contributed by atoms with Crippen molar-refractivity contribution in [1.82, 2.24) is 14.7 Å². The van der Waals surface area contributed by atoms with Crippen molar-refractivity contribution in [2.75, 3.05) is 24.7 Å². The highest BCUT2D eigenvalue weighted by Gasteiger charge is 2.21. The summed E-state index contributed by atoms with van der Waals surface area (Å²) in [7, 11) is 4.60. The number of rotatable bonds is 6. The number of nitrogens with zero attached hydrogens (tertiary/aromatic N) is 2. The second-order valence-electron chi connectivity index (χ2n) is 6.14. The first kappa shape index (κ1) is 23.2. The minimum absolute atomic E-state index is 0.0309. The van der Waals surface area contributed by atoms with Crippen LogP contribution in [0, 0.1) is 0 Å². The van der Waals surface area contributed by atoms with Gasteiger partial charge in [-0.3, -0.25) is 24.2 Å². The van der Waals surface area contributed by atoms with Crippen LogP contribution in [0.1, 0.15) is 28.4 Å². The van der Waals surface area contributed by atoms with Gasteiger partial charge in [0, 0.05) is 37.9 Å². The van der Waals surface area contributed by atoms with Crippen LogP contribution in [0.5, 0.6) is 5.75 Å². The van der Waals surface area contributed by atoms with E-state index in [2.05, 4.69) is 15.7 Å². The molecule has 11 heteroatoms. The van der Waals surface area contributed by atoms with Gasteiger partial charge >= 0.3 is 0 Å². The largest absolute Gasteiger partial charge is 0.504 e. The van der Waals surface area contributed by atoms with Crippen molar-refractivity contribution in [2.45, 2.75) is 20.4 Å². The van der Waals surface area contributed by atoms with E-state index in [1.807, 2.05) is 31.4 Å². The van der Waals surface area contributed by atoms with Crippen LogP contribution in [0.2, 0.25) is 0 Å². The molecule has 0 fully saturated rings. The summed E-state index contributed by atoms with van der Waals surface area (Å²) in [6.07, 6.45) is 0. The quantitative estimate of drug-likeness (QED) is 0.457. The Kier molecular flexibility index (Phi) is 7.84. The van der Waals surface area contributed by atoms with Crippen LogP contribution < -0.4 is 21.8 Å². The SMILES string of the molecule is CC.CN(C)C(=O)c1scc(Nc2c(NCc3cccs3)c(=O)n(C)[nH]c2=O)c1O. The number of aromatic nitrogens is 2. The third-order valence-electron chi connectivity index (χ3n) is 3.91. The summed E-state index contributed by atoms with van der Waals surface area (Å²) < 4.78 is 1.08. The maximum atomic E-state index is 12.6. The smallest absolute Gasteiger partial charge is 0.290 e. The second-order valence-corrected chi connectivity index (χ2v) is 8.05. The van der Waals surface area contributed by atoms with Crippen LogP contribution >= 0.6 is 22.7 Å². The van der Waals surface area contributed by atoms with Crippen LogP contribution in [0.3, 0.4) is 0 Å². The molecule has 0 aliphatic rings. The fourth-order valence-corrected chi connectivity index (χ4v) is 4.00. The monoisotopic (exact) mass is 451 g/mol. The van der Waals surface area contributed by atoms with Crippen molar-refractivity contribution < 1.29 is 9.90 Å². The predicted octanol–water partition coefficient (Wildman–Crippen LogP) is 2.99. The Bertz CT molecular complexity index is 1110. The van der Waals surface area contributed by atoms with Crippen molar-refractivity contribution in [3.8, 4) is 5.75 Å². The number of H-pyrrole nitrogens is 1. The first-order chi connectivity index (χ1) is 14.3. The van der Waals surface area contributed by atoms with Crippen LogP contribution in [-0.2, 0) is 13.6 Å². The summed E-state index contributed by atoms with van der Waals surface area (Å²) in [6, 6.07) is 3.80. The molecule has 9 nitrogen and oxygen atoms in total. The fourth-order valence-electron chi connectivity index (χ4n) is 2.45. The summed E-state index contributed by atoms with van der Waals surface area (Å²) in [6.45, 7) is 4.37. The predicted molar refractivity (Wildman–Crippen MR) is 123 cm³/mol. The van der Waals surface area contributed by atoms with E-state index < -0.39 is 11.1 Å². The average molecular weight is 452 g/mol. The first-order valence-corrected chi connectivity index (χ1v) is 10.9. The third-order valence-corrected chi connectivity index (χ3v) is 5.74. The number of anilines is 3. The molecule has 162 valence electrons. The van der Waals surface area contributed by atoms with Gasteiger partial charge in [-0.1, -0.05) is 19.9 Å². The minimum atomic E-state index is -0.540. The van der Waals surface area contributed by atoms with Gasteiger partial charge in [0.2, 0.25) is 0 Å². The molecule has 1 amide bonds. The van der Waals surface area contributed by atoms with Crippen molar-refractivity contribution >= 4 is 45.6 Å². The van der Waals surface area contributed by atoms with Crippen molar-refractivity contribution in [1.29, 1.82) is 0 Å². The van der Waals surface area contributed by atoms with E-state index >= 15 is 0 Å². The maximum absolute atomic E-state index is 12.6. The van der Waals surface area contributed by atoms with E-state index in [-0.39, 0.29) is 33.6 Å². The molecule has 0 aliphatic carbocycles. The van der Waals surface area contributed by atoms with E-state index in [9.17, 15) is 19.5 Å². The molecule has 0 bridgehead atoms. The summed E-state index contributed by atoms with van der Waals surface area (Å²) in [4.78, 5) is 39.6. The molecule has 3 heterocycles. The molecule has 0 saturated heterocycles. The summed E-state index contributed by atoms with van der Waals surface area (Å²) in [5.74, 6) is -0.627. The van der Waals surface area contributed by atoms with E-state index in [1.165, 1.54) is 28.7 Å². The molecule has 3 aromatic heterocycles. The first-order valence-electron chi connectivity index (χ1n) is 9.18. The lowest BCUT2D eigenvalue weighted by Crippen LogP contribution is -2.31. The van der Waals surface area contributed by atoms with E-state index in [4.69, 9.17) is 0 Å². The number of carbonyl (C=O) groups is 1. The van der Waals surface area contributed by atoms with Gasteiger partial charge in [-0.05, 0) is 11.4 Å². The Morgan fingerprint density at radius 2 is 1.93 bits per heavy atom. The number of hydrogen-bond acceptors (Lipinski definition) is 8. The van der Waals surface area contributed by atoms with Crippen LogP contribution in [0.15, 0.2) is 32.5 Å². The molecule has 3 aromatic rings. The molecule has 0 aliphatic heterocycles. The maximum Gasteiger partial charge on any atom is 0.290 e. The zero-order valence-corrected chi connectivity index (χ0v) is 19.0. The Hall–Kier alpha value is -3.05. The minimum Gasteiger partial charge on any atom is -0.504 e. The zero-order chi connectivity index (χ0) is 22.4. The number of carbonyl (C=O) groups excluding carboxylic acids is 1. The summed E-state index contributed by atoms with van der Waals surface area (Å²) >= 11 is 2.56. The summed E-state index contributed by atoms with van der Waals surface area (Å²) in [5, 5.41) is 22.0. The molecule has 4 N–H and O–H groups in total. The van der Waals surface area contributed by atoms with Gasteiger partial charge in [0.25, 0.3) is 17.0 Å². The molecule has 3 rings (SSSR count). The summed E-state index contributed by atoms with van der Waals surface area (Å²) in [5.41, 5.74) is -0.754. The van der Waals surface area contributed by atoms with Crippen molar-refractivity contribution in [3.63, 3.8) is 0 Å². The highest BCUT2D eigenvalue weighted by molar-refractivity contribution is 7.13. The van der Waals surface area contributed by atoms with Crippen molar-refractivity contribution in [2.24, 2.45) is 7.05 Å². The van der Waals surface area contributed by atoms with Crippen molar-refractivity contribution in [3.05, 3.63) is 53.4 Å². The zero-order valence-electron chi connectivity index (χ0n) is 17.4. The van der Waals surface area contributed by atoms with Crippen LogP contribution in [-0.4, -0.2) is 39.8 Å². The van der Waals surface area contributed by atoms with Gasteiger partial charge < -0.3 is 20.6 Å². The lowest BCUT2D eigenvalue weighted by atomic mass is 10.3. The molecular formula is C19H25N5O4S2. The van der Waals surface area contributed by atoms with E-state index in [0.29, 0.717) is 6.54 Å². The van der Waals surface area contributed by atoms with E-state index in [0.717, 1.165) is 20.9 Å².